The Hall–Kier alpha value is -3.39. The lowest BCUT2D eigenvalue weighted by molar-refractivity contribution is -0.150. The van der Waals surface area contributed by atoms with E-state index in [0.717, 1.165) is 36.2 Å². The van der Waals surface area contributed by atoms with Gasteiger partial charge in [-0.15, -0.1) is 0 Å². The van der Waals surface area contributed by atoms with Crippen molar-refractivity contribution in [2.75, 3.05) is 40.5 Å². The van der Waals surface area contributed by atoms with Gasteiger partial charge in [0.25, 0.3) is 5.91 Å². The molecular weight excluding hydrogens is 446 g/mol. The number of methoxy groups -OCH3 is 2. The van der Waals surface area contributed by atoms with E-state index < -0.39 is 0 Å². The Labute approximate surface area is 206 Å². The second-order valence-corrected chi connectivity index (χ2v) is 8.81. The number of piperidine rings is 1. The number of hydrogen-bond donors (Lipinski definition) is 0. The molecule has 0 bridgehead atoms. The van der Waals surface area contributed by atoms with E-state index in [2.05, 4.69) is 0 Å². The van der Waals surface area contributed by atoms with E-state index in [0.29, 0.717) is 31.1 Å². The minimum absolute atomic E-state index is 0.108. The molecule has 0 N–H and O–H groups in total. The van der Waals surface area contributed by atoms with Crippen molar-refractivity contribution in [3.8, 4) is 11.5 Å². The fourth-order valence-electron chi connectivity index (χ4n) is 4.80. The van der Waals surface area contributed by atoms with Crippen molar-refractivity contribution in [3.05, 3.63) is 59.7 Å². The summed E-state index contributed by atoms with van der Waals surface area (Å²) in [4.78, 5) is 27.9. The first-order valence-corrected chi connectivity index (χ1v) is 12.1. The number of carbonyl (C=O) groups is 2. The van der Waals surface area contributed by atoms with Gasteiger partial charge in [0.05, 0.1) is 45.0 Å². The zero-order valence-corrected chi connectivity index (χ0v) is 20.6. The van der Waals surface area contributed by atoms with E-state index in [-0.39, 0.29) is 30.4 Å². The molecule has 2 aromatic rings. The number of esters is 1. The van der Waals surface area contributed by atoms with E-state index >= 15 is 0 Å². The van der Waals surface area contributed by atoms with Crippen molar-refractivity contribution in [2.45, 2.75) is 32.2 Å². The molecule has 0 aromatic heterocycles. The average molecular weight is 480 g/mol. The summed E-state index contributed by atoms with van der Waals surface area (Å²) in [5, 5.41) is 6.36. The standard InChI is InChI=1S/C27H33N3O5/c1-4-35-27(32)20-11-8-14-29(17-20)18-26(31)30-24(16-23(28-30)19-9-6-5-7-10-19)22-13-12-21(33-2)15-25(22)34-3/h5-7,9-10,12-13,15,20,24H,4,8,11,14,16-18H2,1-3H3/t20-,24+/m1/s1. The Balaban J connectivity index is 1.58. The molecule has 2 atom stereocenters. The third-order valence-electron chi connectivity index (χ3n) is 6.56. The minimum atomic E-state index is -0.302. The van der Waals surface area contributed by atoms with Crippen LogP contribution in [0.5, 0.6) is 11.5 Å². The molecule has 2 aliphatic heterocycles. The lowest BCUT2D eigenvalue weighted by Gasteiger charge is -2.32. The molecule has 4 rings (SSSR count). The van der Waals surface area contributed by atoms with Crippen LogP contribution < -0.4 is 9.47 Å². The second kappa shape index (κ2) is 11.4. The Morgan fingerprint density at radius 3 is 2.60 bits per heavy atom. The summed E-state index contributed by atoms with van der Waals surface area (Å²) in [6.07, 6.45) is 2.21. The lowest BCUT2D eigenvalue weighted by Crippen LogP contribution is -2.44. The van der Waals surface area contributed by atoms with Gasteiger partial charge in [0.2, 0.25) is 0 Å². The van der Waals surface area contributed by atoms with Crippen LogP contribution in [-0.4, -0.2) is 68.0 Å². The number of carbonyl (C=O) groups excluding carboxylic acids is 2. The summed E-state index contributed by atoms with van der Waals surface area (Å²) in [7, 11) is 3.22. The molecular formula is C27H33N3O5. The number of rotatable bonds is 8. The Kier molecular flexibility index (Phi) is 8.02. The number of nitrogens with zero attached hydrogens (tertiary/aromatic N) is 3. The van der Waals surface area contributed by atoms with Gasteiger partial charge in [0, 0.05) is 24.6 Å². The molecule has 2 heterocycles. The fraction of sp³-hybridized carbons (Fsp3) is 0.444. The van der Waals surface area contributed by atoms with Crippen LogP contribution in [0.15, 0.2) is 53.6 Å². The Morgan fingerprint density at radius 1 is 1.09 bits per heavy atom. The van der Waals surface area contributed by atoms with Crippen molar-refractivity contribution in [1.29, 1.82) is 0 Å². The van der Waals surface area contributed by atoms with Crippen LogP contribution in [0.25, 0.3) is 0 Å². The van der Waals surface area contributed by atoms with Gasteiger partial charge in [-0.3, -0.25) is 14.5 Å². The zero-order chi connectivity index (χ0) is 24.8. The van der Waals surface area contributed by atoms with Crippen LogP contribution in [0, 0.1) is 5.92 Å². The average Bonchev–Trinajstić information content (AvgIpc) is 3.34. The molecule has 1 saturated heterocycles. The lowest BCUT2D eigenvalue weighted by atomic mass is 9.97. The number of hydrogen-bond acceptors (Lipinski definition) is 7. The number of likely N-dealkylation sites (tertiary alicyclic amines) is 1. The van der Waals surface area contributed by atoms with Crippen LogP contribution in [0.4, 0.5) is 0 Å². The van der Waals surface area contributed by atoms with E-state index in [4.69, 9.17) is 19.3 Å². The quantitative estimate of drug-likeness (QED) is 0.538. The molecule has 2 aromatic carbocycles. The predicted molar refractivity (Wildman–Crippen MR) is 133 cm³/mol. The van der Waals surface area contributed by atoms with Gasteiger partial charge in [-0.05, 0) is 44.0 Å². The van der Waals surface area contributed by atoms with Crippen LogP contribution in [0.2, 0.25) is 0 Å². The molecule has 1 amide bonds. The predicted octanol–water partition coefficient (Wildman–Crippen LogP) is 3.66. The van der Waals surface area contributed by atoms with E-state index in [1.807, 2.05) is 60.4 Å². The highest BCUT2D eigenvalue weighted by Gasteiger charge is 2.36. The highest BCUT2D eigenvalue weighted by atomic mass is 16.5. The summed E-state index contributed by atoms with van der Waals surface area (Å²) in [5.74, 6) is 0.844. The Morgan fingerprint density at radius 2 is 1.89 bits per heavy atom. The normalized spacial score (nSPS) is 20.3. The fourth-order valence-corrected chi connectivity index (χ4v) is 4.80. The van der Waals surface area contributed by atoms with Crippen LogP contribution in [0.3, 0.4) is 0 Å². The third kappa shape index (κ3) is 5.65. The molecule has 0 unspecified atom stereocenters. The van der Waals surface area contributed by atoms with Gasteiger partial charge in [-0.1, -0.05) is 30.3 Å². The highest BCUT2D eigenvalue weighted by molar-refractivity contribution is 6.03. The van der Waals surface area contributed by atoms with Gasteiger partial charge >= 0.3 is 5.97 Å². The van der Waals surface area contributed by atoms with Gasteiger partial charge in [0.1, 0.15) is 11.5 Å². The van der Waals surface area contributed by atoms with Gasteiger partial charge in [0.15, 0.2) is 0 Å². The summed E-state index contributed by atoms with van der Waals surface area (Å²) in [6.45, 7) is 3.65. The molecule has 8 nitrogen and oxygen atoms in total. The largest absolute Gasteiger partial charge is 0.497 e. The topological polar surface area (TPSA) is 80.7 Å². The summed E-state index contributed by atoms with van der Waals surface area (Å²) in [6, 6.07) is 15.2. The molecule has 0 radical (unpaired) electrons. The molecule has 2 aliphatic rings. The van der Waals surface area contributed by atoms with Gasteiger partial charge in [-0.2, -0.15) is 5.10 Å². The summed E-state index contributed by atoms with van der Waals surface area (Å²) in [5.41, 5.74) is 2.71. The smallest absolute Gasteiger partial charge is 0.310 e. The van der Waals surface area contributed by atoms with Crippen molar-refractivity contribution in [3.63, 3.8) is 0 Å². The SMILES string of the molecule is CCOC(=O)[C@@H]1CCCN(CC(=O)N2N=C(c3ccccc3)C[C@H]2c2ccc(OC)cc2OC)C1. The maximum Gasteiger partial charge on any atom is 0.310 e. The third-order valence-corrected chi connectivity index (χ3v) is 6.56. The van der Waals surface area contributed by atoms with Crippen molar-refractivity contribution >= 4 is 17.6 Å². The Bertz CT molecular complexity index is 1070. The van der Waals surface area contributed by atoms with Crippen molar-refractivity contribution in [2.24, 2.45) is 11.0 Å². The number of hydrazone groups is 1. The van der Waals surface area contributed by atoms with Crippen LogP contribution >= 0.6 is 0 Å². The van der Waals surface area contributed by atoms with Crippen molar-refractivity contribution < 1.29 is 23.8 Å². The molecule has 8 heteroatoms. The maximum absolute atomic E-state index is 13.6. The van der Waals surface area contributed by atoms with Gasteiger partial charge < -0.3 is 14.2 Å². The van der Waals surface area contributed by atoms with E-state index in [9.17, 15) is 9.59 Å². The maximum atomic E-state index is 13.6. The number of ether oxygens (including phenoxy) is 3. The first-order chi connectivity index (χ1) is 17.0. The molecule has 0 saturated carbocycles. The first kappa shape index (κ1) is 24.7. The zero-order valence-electron chi connectivity index (χ0n) is 20.6. The molecule has 0 spiro atoms. The molecule has 186 valence electrons. The molecule has 35 heavy (non-hydrogen) atoms. The second-order valence-electron chi connectivity index (χ2n) is 8.81. The minimum Gasteiger partial charge on any atom is -0.497 e. The van der Waals surface area contributed by atoms with Crippen LogP contribution in [-0.2, 0) is 14.3 Å². The van der Waals surface area contributed by atoms with Crippen molar-refractivity contribution in [1.82, 2.24) is 9.91 Å². The van der Waals surface area contributed by atoms with Gasteiger partial charge in [-0.25, -0.2) is 5.01 Å². The molecule has 1 fully saturated rings. The summed E-state index contributed by atoms with van der Waals surface area (Å²) >= 11 is 0. The highest BCUT2D eigenvalue weighted by Crippen LogP contribution is 2.39. The number of benzene rings is 2. The van der Waals surface area contributed by atoms with E-state index in [1.165, 1.54) is 0 Å². The number of amides is 1. The van der Waals surface area contributed by atoms with E-state index in [1.54, 1.807) is 19.2 Å². The van der Waals surface area contributed by atoms with Crippen LogP contribution in [0.1, 0.15) is 43.4 Å². The first-order valence-electron chi connectivity index (χ1n) is 12.1. The monoisotopic (exact) mass is 479 g/mol. The molecule has 0 aliphatic carbocycles. The summed E-state index contributed by atoms with van der Waals surface area (Å²) < 4.78 is 16.2.